The molecule has 2 aromatic rings. The highest BCUT2D eigenvalue weighted by Gasteiger charge is 2.40. The van der Waals surface area contributed by atoms with E-state index in [9.17, 15) is 23.2 Å². The monoisotopic (exact) mass is 465 g/mol. The van der Waals surface area contributed by atoms with Gasteiger partial charge in [-0.2, -0.15) is 0 Å². The number of fused-ring (bicyclic) bond motifs is 1. The molecule has 0 spiro atoms. The number of para-hydroxylation sites is 1. The zero-order valence-electron chi connectivity index (χ0n) is 17.4. The highest BCUT2D eigenvalue weighted by molar-refractivity contribution is 6.30. The van der Waals surface area contributed by atoms with E-state index in [1.807, 2.05) is 0 Å². The Hall–Kier alpha value is -3.20. The van der Waals surface area contributed by atoms with Crippen molar-refractivity contribution in [2.75, 3.05) is 11.9 Å². The predicted molar refractivity (Wildman–Crippen MR) is 114 cm³/mol. The number of rotatable bonds is 5. The van der Waals surface area contributed by atoms with E-state index in [0.717, 1.165) is 12.1 Å². The summed E-state index contributed by atoms with van der Waals surface area (Å²) >= 11 is 6.07. The number of halogens is 3. The fourth-order valence-corrected chi connectivity index (χ4v) is 3.94. The summed E-state index contributed by atoms with van der Waals surface area (Å²) in [4.78, 5) is 39.0. The number of hydrogen-bond acceptors (Lipinski definition) is 3. The highest BCUT2D eigenvalue weighted by atomic mass is 35.5. The molecule has 3 N–H and O–H groups in total. The van der Waals surface area contributed by atoms with Gasteiger partial charge in [-0.3, -0.25) is 9.59 Å². The van der Waals surface area contributed by atoms with Crippen LogP contribution in [0.4, 0.5) is 19.3 Å². The molecule has 2 atom stereocenters. The summed E-state index contributed by atoms with van der Waals surface area (Å²) in [5.74, 6) is -3.77. The maximum atomic E-state index is 14.1. The molecule has 1 unspecified atom stereocenters. The van der Waals surface area contributed by atoms with Gasteiger partial charge in [0.1, 0.15) is 29.4 Å². The van der Waals surface area contributed by atoms with Gasteiger partial charge in [0.05, 0.1) is 0 Å². The molecule has 3 rings (SSSR count). The SMILES string of the molecule is CC(C)[C@H](NC(=O)O)C(=O)N1CCc2cc(Cl)ccc2C1C(=O)Nc1c(F)cccc1F. The molecule has 0 fully saturated rings. The number of nitrogens with one attached hydrogen (secondary N) is 2. The summed E-state index contributed by atoms with van der Waals surface area (Å²) in [7, 11) is 0. The van der Waals surface area contributed by atoms with Gasteiger partial charge >= 0.3 is 6.09 Å². The maximum absolute atomic E-state index is 14.1. The fourth-order valence-electron chi connectivity index (χ4n) is 3.75. The van der Waals surface area contributed by atoms with E-state index in [1.54, 1.807) is 32.0 Å². The van der Waals surface area contributed by atoms with Crippen molar-refractivity contribution in [3.8, 4) is 0 Å². The Morgan fingerprint density at radius 3 is 2.41 bits per heavy atom. The molecule has 3 amide bonds. The van der Waals surface area contributed by atoms with Gasteiger partial charge < -0.3 is 20.6 Å². The van der Waals surface area contributed by atoms with Gasteiger partial charge in [0.15, 0.2) is 0 Å². The normalized spacial score (nSPS) is 16.3. The topological polar surface area (TPSA) is 98.7 Å². The van der Waals surface area contributed by atoms with Crippen LogP contribution in [-0.2, 0) is 16.0 Å². The lowest BCUT2D eigenvalue weighted by Crippen LogP contribution is -2.55. The van der Waals surface area contributed by atoms with Gasteiger partial charge in [0.2, 0.25) is 5.91 Å². The molecule has 0 saturated carbocycles. The van der Waals surface area contributed by atoms with Crippen molar-refractivity contribution in [2.45, 2.75) is 32.4 Å². The van der Waals surface area contributed by atoms with E-state index in [1.165, 1.54) is 11.0 Å². The third-order valence-corrected chi connectivity index (χ3v) is 5.52. The van der Waals surface area contributed by atoms with Crippen LogP contribution in [0.3, 0.4) is 0 Å². The zero-order chi connectivity index (χ0) is 23.6. The minimum atomic E-state index is -1.38. The van der Waals surface area contributed by atoms with Crippen LogP contribution in [0.5, 0.6) is 0 Å². The van der Waals surface area contributed by atoms with Gasteiger partial charge in [0, 0.05) is 11.6 Å². The second kappa shape index (κ2) is 9.52. The first-order valence-corrected chi connectivity index (χ1v) is 10.3. The first kappa shape index (κ1) is 23.5. The summed E-state index contributed by atoms with van der Waals surface area (Å²) in [5.41, 5.74) is 0.527. The third-order valence-electron chi connectivity index (χ3n) is 5.29. The van der Waals surface area contributed by atoms with Crippen molar-refractivity contribution in [3.63, 3.8) is 0 Å². The van der Waals surface area contributed by atoms with E-state index >= 15 is 0 Å². The predicted octanol–water partition coefficient (Wildman–Crippen LogP) is 3.97. The summed E-state index contributed by atoms with van der Waals surface area (Å²) in [6.07, 6.45) is -1.01. The number of benzene rings is 2. The molecule has 7 nitrogen and oxygen atoms in total. The first-order valence-electron chi connectivity index (χ1n) is 9.93. The van der Waals surface area contributed by atoms with E-state index in [2.05, 4.69) is 10.6 Å². The maximum Gasteiger partial charge on any atom is 0.405 e. The standard InChI is InChI=1S/C22H22ClF2N3O4/c1-11(2)17(27-22(31)32)21(30)28-9-8-12-10-13(23)6-7-14(12)19(28)20(29)26-18-15(24)4-3-5-16(18)25/h3-7,10-11,17,19,27H,8-9H2,1-2H3,(H,26,29)(H,31,32)/t17-,19?/m0/s1. The van der Waals surface area contributed by atoms with Crippen LogP contribution < -0.4 is 10.6 Å². The van der Waals surface area contributed by atoms with Crippen molar-refractivity contribution in [1.29, 1.82) is 0 Å². The molecule has 0 bridgehead atoms. The summed E-state index contributed by atoms with van der Waals surface area (Å²) in [6.45, 7) is 3.43. The largest absolute Gasteiger partial charge is 0.465 e. The number of amides is 3. The molecule has 2 aromatic carbocycles. The smallest absolute Gasteiger partial charge is 0.405 e. The molecule has 32 heavy (non-hydrogen) atoms. The summed E-state index contributed by atoms with van der Waals surface area (Å²) < 4.78 is 28.3. The number of carbonyl (C=O) groups is 3. The van der Waals surface area contributed by atoms with Gasteiger partial charge in [-0.25, -0.2) is 13.6 Å². The van der Waals surface area contributed by atoms with Crippen molar-refractivity contribution < 1.29 is 28.3 Å². The summed E-state index contributed by atoms with van der Waals surface area (Å²) in [5, 5.41) is 14.0. The molecule has 0 aromatic heterocycles. The lowest BCUT2D eigenvalue weighted by atomic mass is 9.90. The Morgan fingerprint density at radius 1 is 1.16 bits per heavy atom. The van der Waals surface area contributed by atoms with Gasteiger partial charge in [-0.05, 0) is 47.7 Å². The summed E-state index contributed by atoms with van der Waals surface area (Å²) in [6, 6.07) is 5.61. The van der Waals surface area contributed by atoms with E-state index < -0.39 is 53.2 Å². The second-order valence-corrected chi connectivity index (χ2v) is 8.22. The number of carboxylic acid groups (broad SMARTS) is 1. The second-order valence-electron chi connectivity index (χ2n) is 7.78. The Kier molecular flexibility index (Phi) is 6.98. The minimum Gasteiger partial charge on any atom is -0.465 e. The van der Waals surface area contributed by atoms with E-state index in [0.29, 0.717) is 22.6 Å². The average Bonchev–Trinajstić information content (AvgIpc) is 2.72. The number of hydrogen-bond donors (Lipinski definition) is 3. The zero-order valence-corrected chi connectivity index (χ0v) is 18.1. The quantitative estimate of drug-likeness (QED) is 0.622. The number of anilines is 1. The lowest BCUT2D eigenvalue weighted by molar-refractivity contribution is -0.142. The van der Waals surface area contributed by atoms with Crippen LogP contribution in [0, 0.1) is 17.6 Å². The van der Waals surface area contributed by atoms with Crippen molar-refractivity contribution in [1.82, 2.24) is 10.2 Å². The molecule has 1 aliphatic heterocycles. The van der Waals surface area contributed by atoms with Gasteiger partial charge in [0.25, 0.3) is 5.91 Å². The molecule has 1 heterocycles. The Morgan fingerprint density at radius 2 is 1.81 bits per heavy atom. The molecule has 10 heteroatoms. The lowest BCUT2D eigenvalue weighted by Gasteiger charge is -2.39. The molecule has 0 radical (unpaired) electrons. The van der Waals surface area contributed by atoms with Crippen molar-refractivity contribution in [2.24, 2.45) is 5.92 Å². The fraction of sp³-hybridized carbons (Fsp3) is 0.318. The van der Waals surface area contributed by atoms with E-state index in [4.69, 9.17) is 16.7 Å². The molecule has 170 valence electrons. The number of nitrogens with zero attached hydrogens (tertiary/aromatic N) is 1. The van der Waals surface area contributed by atoms with Crippen LogP contribution in [0.1, 0.15) is 31.0 Å². The van der Waals surface area contributed by atoms with Crippen LogP contribution in [0.15, 0.2) is 36.4 Å². The van der Waals surface area contributed by atoms with Crippen molar-refractivity contribution in [3.05, 3.63) is 64.2 Å². The van der Waals surface area contributed by atoms with Gasteiger partial charge in [-0.1, -0.05) is 37.6 Å². The minimum absolute atomic E-state index is 0.0918. The average molecular weight is 466 g/mol. The highest BCUT2D eigenvalue weighted by Crippen LogP contribution is 2.34. The van der Waals surface area contributed by atoms with E-state index in [-0.39, 0.29) is 6.54 Å². The molecular formula is C22H22ClF2N3O4. The molecule has 0 saturated heterocycles. The first-order chi connectivity index (χ1) is 15.1. The number of carbonyl (C=O) groups excluding carboxylic acids is 2. The Labute approximate surface area is 188 Å². The molecular weight excluding hydrogens is 444 g/mol. The third kappa shape index (κ3) is 4.83. The Bertz CT molecular complexity index is 1040. The van der Waals surface area contributed by atoms with Crippen LogP contribution >= 0.6 is 11.6 Å². The molecule has 0 aliphatic carbocycles. The van der Waals surface area contributed by atoms with Gasteiger partial charge in [-0.15, -0.1) is 0 Å². The Balaban J connectivity index is 2.03. The molecule has 1 aliphatic rings. The van der Waals surface area contributed by atoms with Crippen molar-refractivity contribution >= 4 is 35.2 Å². The van der Waals surface area contributed by atoms with Crippen LogP contribution in [-0.4, -0.2) is 40.5 Å². The van der Waals surface area contributed by atoms with Crippen LogP contribution in [0.25, 0.3) is 0 Å². The van der Waals surface area contributed by atoms with Crippen LogP contribution in [0.2, 0.25) is 5.02 Å².